The first kappa shape index (κ1) is 14.2. The first-order valence-electron chi connectivity index (χ1n) is 5.95. The fourth-order valence-corrected chi connectivity index (χ4v) is 1.36. The van der Waals surface area contributed by atoms with E-state index >= 15 is 0 Å². The van der Waals surface area contributed by atoms with Crippen LogP contribution in [0.5, 0.6) is 0 Å². The highest BCUT2D eigenvalue weighted by Crippen LogP contribution is 2.07. The molecule has 4 N–H and O–H groups in total. The Hall–Kier alpha value is -1.89. The van der Waals surface area contributed by atoms with Gasteiger partial charge in [-0.3, -0.25) is 9.59 Å². The van der Waals surface area contributed by atoms with Gasteiger partial charge in [0.05, 0.1) is 19.3 Å². The molecule has 1 heterocycles. The molecule has 1 rings (SSSR count). The summed E-state index contributed by atoms with van der Waals surface area (Å²) < 4.78 is 1.73. The highest BCUT2D eigenvalue weighted by molar-refractivity contribution is 5.94. The molecular weight excluding hydrogens is 234 g/mol. The molecule has 7 heteroatoms. The average Bonchev–Trinajstić information content (AvgIpc) is 2.80. The molecule has 0 radical (unpaired) electrons. The van der Waals surface area contributed by atoms with Gasteiger partial charge in [-0.05, 0) is 6.42 Å². The summed E-state index contributed by atoms with van der Waals surface area (Å²) in [7, 11) is 0. The number of aromatic nitrogens is 2. The standard InChI is InChI=1S/C11H19N5O2/c1-2-3-6-16-9(4-5-14-16)15-11(18)8-13-10(17)7-12/h4-5H,2-3,6-8,12H2,1H3,(H,13,17)(H,15,18). The molecule has 0 aromatic carbocycles. The summed E-state index contributed by atoms with van der Waals surface area (Å²) in [4.78, 5) is 22.4. The normalized spacial score (nSPS) is 10.1. The van der Waals surface area contributed by atoms with Crippen LogP contribution in [0.15, 0.2) is 12.3 Å². The van der Waals surface area contributed by atoms with Crippen molar-refractivity contribution in [1.29, 1.82) is 0 Å². The Balaban J connectivity index is 2.43. The van der Waals surface area contributed by atoms with Crippen LogP contribution in [-0.2, 0) is 16.1 Å². The van der Waals surface area contributed by atoms with Crippen LogP contribution in [0.2, 0.25) is 0 Å². The lowest BCUT2D eigenvalue weighted by Gasteiger charge is -2.08. The van der Waals surface area contributed by atoms with E-state index in [0.717, 1.165) is 19.4 Å². The highest BCUT2D eigenvalue weighted by atomic mass is 16.2. The SMILES string of the molecule is CCCCn1nccc1NC(=O)CNC(=O)CN. The van der Waals surface area contributed by atoms with E-state index < -0.39 is 0 Å². The van der Waals surface area contributed by atoms with Crippen molar-refractivity contribution in [3.63, 3.8) is 0 Å². The predicted molar refractivity (Wildman–Crippen MR) is 67.8 cm³/mol. The lowest BCUT2D eigenvalue weighted by atomic mass is 10.3. The molecule has 1 aromatic rings. The van der Waals surface area contributed by atoms with Crippen LogP contribution >= 0.6 is 0 Å². The summed E-state index contributed by atoms with van der Waals surface area (Å²) >= 11 is 0. The molecule has 0 unspecified atom stereocenters. The molecule has 7 nitrogen and oxygen atoms in total. The average molecular weight is 253 g/mol. The molecule has 0 saturated heterocycles. The monoisotopic (exact) mass is 253 g/mol. The molecule has 0 spiro atoms. The second-order valence-corrected chi connectivity index (χ2v) is 3.82. The lowest BCUT2D eigenvalue weighted by molar-refractivity contribution is -0.123. The van der Waals surface area contributed by atoms with Crippen LogP contribution in [0.4, 0.5) is 5.82 Å². The van der Waals surface area contributed by atoms with Crippen molar-refractivity contribution in [1.82, 2.24) is 15.1 Å². The second-order valence-electron chi connectivity index (χ2n) is 3.82. The summed E-state index contributed by atoms with van der Waals surface area (Å²) in [5, 5.41) is 9.20. The van der Waals surface area contributed by atoms with Gasteiger partial charge in [0.2, 0.25) is 11.8 Å². The van der Waals surface area contributed by atoms with Crippen LogP contribution in [-0.4, -0.2) is 34.7 Å². The smallest absolute Gasteiger partial charge is 0.244 e. The molecule has 18 heavy (non-hydrogen) atoms. The van der Waals surface area contributed by atoms with E-state index in [1.165, 1.54) is 0 Å². The molecule has 0 aliphatic heterocycles. The van der Waals surface area contributed by atoms with Gasteiger partial charge in [-0.2, -0.15) is 5.10 Å². The summed E-state index contributed by atoms with van der Waals surface area (Å²) in [6.45, 7) is 2.63. The van der Waals surface area contributed by atoms with Crippen LogP contribution in [0.25, 0.3) is 0 Å². The topological polar surface area (TPSA) is 102 Å². The van der Waals surface area contributed by atoms with Gasteiger partial charge in [0.25, 0.3) is 0 Å². The summed E-state index contributed by atoms with van der Waals surface area (Å²) in [6, 6.07) is 1.72. The molecule has 0 bridgehead atoms. The van der Waals surface area contributed by atoms with E-state index in [0.29, 0.717) is 5.82 Å². The molecule has 0 fully saturated rings. The van der Waals surface area contributed by atoms with E-state index in [1.54, 1.807) is 16.9 Å². The first-order valence-corrected chi connectivity index (χ1v) is 5.95. The quantitative estimate of drug-likeness (QED) is 0.620. The van der Waals surface area contributed by atoms with Gasteiger partial charge in [0, 0.05) is 12.6 Å². The summed E-state index contributed by atoms with van der Waals surface area (Å²) in [5.74, 6) is -0.0184. The zero-order valence-corrected chi connectivity index (χ0v) is 10.5. The predicted octanol–water partition coefficient (Wildman–Crippen LogP) is -0.303. The molecule has 0 saturated carbocycles. The minimum absolute atomic E-state index is 0.0883. The maximum absolute atomic E-state index is 11.5. The van der Waals surface area contributed by atoms with Gasteiger partial charge in [-0.15, -0.1) is 0 Å². The van der Waals surface area contributed by atoms with Gasteiger partial charge >= 0.3 is 0 Å². The van der Waals surface area contributed by atoms with Gasteiger partial charge in [-0.1, -0.05) is 13.3 Å². The van der Waals surface area contributed by atoms with Gasteiger partial charge in [0.15, 0.2) is 0 Å². The third kappa shape index (κ3) is 4.54. The van der Waals surface area contributed by atoms with Gasteiger partial charge in [0.1, 0.15) is 5.82 Å². The van der Waals surface area contributed by atoms with Crippen molar-refractivity contribution in [2.45, 2.75) is 26.3 Å². The Bertz CT molecular complexity index is 402. The Kier molecular flexibility index (Phi) is 5.86. The number of anilines is 1. The molecular formula is C11H19N5O2. The number of amides is 2. The number of nitrogens with zero attached hydrogens (tertiary/aromatic N) is 2. The fourth-order valence-electron chi connectivity index (χ4n) is 1.36. The van der Waals surface area contributed by atoms with Crippen LogP contribution in [0.1, 0.15) is 19.8 Å². The maximum atomic E-state index is 11.5. The van der Waals surface area contributed by atoms with Crippen LogP contribution < -0.4 is 16.4 Å². The minimum Gasteiger partial charge on any atom is -0.346 e. The number of aryl methyl sites for hydroxylation is 1. The fraction of sp³-hybridized carbons (Fsp3) is 0.545. The van der Waals surface area contributed by atoms with Crippen LogP contribution in [0.3, 0.4) is 0 Å². The van der Waals surface area contributed by atoms with Crippen molar-refractivity contribution < 1.29 is 9.59 Å². The van der Waals surface area contributed by atoms with Crippen molar-refractivity contribution in [2.24, 2.45) is 5.73 Å². The first-order chi connectivity index (χ1) is 8.67. The Morgan fingerprint density at radius 3 is 2.89 bits per heavy atom. The Morgan fingerprint density at radius 2 is 2.22 bits per heavy atom. The zero-order chi connectivity index (χ0) is 13.4. The number of nitrogens with two attached hydrogens (primary N) is 1. The third-order valence-electron chi connectivity index (χ3n) is 2.34. The number of nitrogens with one attached hydrogen (secondary N) is 2. The number of unbranched alkanes of at least 4 members (excludes halogenated alkanes) is 1. The van der Waals surface area contributed by atoms with E-state index in [-0.39, 0.29) is 24.9 Å². The Morgan fingerprint density at radius 1 is 1.44 bits per heavy atom. The zero-order valence-electron chi connectivity index (χ0n) is 10.5. The number of hydrogen-bond donors (Lipinski definition) is 3. The third-order valence-corrected chi connectivity index (χ3v) is 2.34. The van der Waals surface area contributed by atoms with Crippen molar-refractivity contribution in [3.05, 3.63) is 12.3 Å². The van der Waals surface area contributed by atoms with Gasteiger partial charge in [-0.25, -0.2) is 4.68 Å². The van der Waals surface area contributed by atoms with Gasteiger partial charge < -0.3 is 16.4 Å². The number of carbonyl (C=O) groups excluding carboxylic acids is 2. The molecule has 100 valence electrons. The number of hydrogen-bond acceptors (Lipinski definition) is 4. The summed E-state index contributed by atoms with van der Waals surface area (Å²) in [6.07, 6.45) is 3.68. The van der Waals surface area contributed by atoms with E-state index in [1.807, 2.05) is 0 Å². The highest BCUT2D eigenvalue weighted by Gasteiger charge is 2.07. The lowest BCUT2D eigenvalue weighted by Crippen LogP contribution is -2.36. The van der Waals surface area contributed by atoms with Crippen molar-refractivity contribution >= 4 is 17.6 Å². The maximum Gasteiger partial charge on any atom is 0.244 e. The van der Waals surface area contributed by atoms with E-state index in [4.69, 9.17) is 5.73 Å². The second kappa shape index (κ2) is 7.44. The summed E-state index contributed by atoms with van der Waals surface area (Å²) in [5.41, 5.74) is 5.12. The molecule has 0 aliphatic rings. The van der Waals surface area contributed by atoms with Crippen LogP contribution in [0, 0.1) is 0 Å². The van der Waals surface area contributed by atoms with E-state index in [2.05, 4.69) is 22.7 Å². The number of carbonyl (C=O) groups is 2. The minimum atomic E-state index is -0.357. The Labute approximate surface area is 106 Å². The molecule has 2 amide bonds. The number of rotatable bonds is 7. The molecule has 1 aromatic heterocycles. The van der Waals surface area contributed by atoms with E-state index in [9.17, 15) is 9.59 Å². The molecule has 0 aliphatic carbocycles. The molecule has 0 atom stereocenters. The van der Waals surface area contributed by atoms with Crippen molar-refractivity contribution in [3.8, 4) is 0 Å². The largest absolute Gasteiger partial charge is 0.346 e. The van der Waals surface area contributed by atoms with Crippen molar-refractivity contribution in [2.75, 3.05) is 18.4 Å².